The van der Waals surface area contributed by atoms with E-state index in [0.29, 0.717) is 18.2 Å². The van der Waals surface area contributed by atoms with Gasteiger partial charge in [-0.3, -0.25) is 4.79 Å². The molecule has 1 aromatic heterocycles. The Hall–Kier alpha value is -2.95. The minimum absolute atomic E-state index is 0.254. The van der Waals surface area contributed by atoms with Gasteiger partial charge in [-0.05, 0) is 29.2 Å². The fourth-order valence-electron chi connectivity index (χ4n) is 2.42. The van der Waals surface area contributed by atoms with E-state index in [2.05, 4.69) is 35.5 Å². The van der Waals surface area contributed by atoms with Crippen LogP contribution in [0.3, 0.4) is 0 Å². The molecular weight excluding hydrogens is 300 g/mol. The first-order valence-corrected chi connectivity index (χ1v) is 7.97. The summed E-state index contributed by atoms with van der Waals surface area (Å²) in [6.07, 6.45) is 1.66. The van der Waals surface area contributed by atoms with Gasteiger partial charge in [0.2, 0.25) is 0 Å². The predicted molar refractivity (Wildman–Crippen MR) is 94.1 cm³/mol. The van der Waals surface area contributed by atoms with Crippen molar-refractivity contribution < 1.29 is 4.79 Å². The zero-order valence-corrected chi connectivity index (χ0v) is 13.8. The molecule has 0 atom stereocenters. The van der Waals surface area contributed by atoms with Crippen molar-refractivity contribution in [2.75, 3.05) is 5.32 Å². The van der Waals surface area contributed by atoms with E-state index in [1.165, 1.54) is 5.56 Å². The molecule has 24 heavy (non-hydrogen) atoms. The van der Waals surface area contributed by atoms with Gasteiger partial charge in [-0.25, -0.2) is 4.68 Å². The first kappa shape index (κ1) is 15.9. The van der Waals surface area contributed by atoms with Crippen molar-refractivity contribution in [2.24, 2.45) is 0 Å². The van der Waals surface area contributed by atoms with E-state index in [0.717, 1.165) is 11.3 Å². The number of carbonyl (C=O) groups excluding carboxylic acids is 1. The molecule has 0 saturated carbocycles. The minimum Gasteiger partial charge on any atom is -0.321 e. The summed E-state index contributed by atoms with van der Waals surface area (Å²) in [5, 5.41) is 10.9. The standard InChI is InChI=1S/C19H20N4O/c1-14(2)16-9-6-10-17(11-16)20-19(24)18-13-23(22-21-18)12-15-7-4-3-5-8-15/h3-11,13-14H,12H2,1-2H3,(H,20,24). The van der Waals surface area contributed by atoms with Crippen LogP contribution in [0.25, 0.3) is 0 Å². The second kappa shape index (κ2) is 7.08. The first-order valence-electron chi connectivity index (χ1n) is 7.97. The van der Waals surface area contributed by atoms with Crippen LogP contribution in [-0.2, 0) is 6.54 Å². The summed E-state index contributed by atoms with van der Waals surface area (Å²) in [5.41, 5.74) is 3.37. The SMILES string of the molecule is CC(C)c1cccc(NC(=O)c2cn(Cc3ccccc3)nn2)c1. The zero-order valence-electron chi connectivity index (χ0n) is 13.8. The molecule has 0 radical (unpaired) electrons. The molecule has 0 saturated heterocycles. The molecule has 0 spiro atoms. The highest BCUT2D eigenvalue weighted by atomic mass is 16.2. The summed E-state index contributed by atoms with van der Waals surface area (Å²) >= 11 is 0. The number of amides is 1. The van der Waals surface area contributed by atoms with Crippen molar-refractivity contribution in [1.29, 1.82) is 0 Å². The Kier molecular flexibility index (Phi) is 4.70. The number of hydrogen-bond acceptors (Lipinski definition) is 3. The Morgan fingerprint density at radius 2 is 1.92 bits per heavy atom. The topological polar surface area (TPSA) is 59.8 Å². The molecule has 0 fully saturated rings. The van der Waals surface area contributed by atoms with Crippen molar-refractivity contribution in [3.05, 3.63) is 77.6 Å². The maximum Gasteiger partial charge on any atom is 0.277 e. The van der Waals surface area contributed by atoms with Gasteiger partial charge in [-0.15, -0.1) is 5.10 Å². The summed E-state index contributed by atoms with van der Waals surface area (Å²) in [6, 6.07) is 17.8. The summed E-state index contributed by atoms with van der Waals surface area (Å²) in [4.78, 5) is 12.3. The summed E-state index contributed by atoms with van der Waals surface area (Å²) in [7, 11) is 0. The summed E-state index contributed by atoms with van der Waals surface area (Å²) < 4.78 is 1.66. The Morgan fingerprint density at radius 3 is 2.67 bits per heavy atom. The lowest BCUT2D eigenvalue weighted by atomic mass is 10.0. The average Bonchev–Trinajstić information content (AvgIpc) is 3.04. The monoisotopic (exact) mass is 320 g/mol. The average molecular weight is 320 g/mol. The smallest absolute Gasteiger partial charge is 0.277 e. The van der Waals surface area contributed by atoms with Crippen LogP contribution in [0, 0.1) is 0 Å². The van der Waals surface area contributed by atoms with Crippen molar-refractivity contribution in [3.8, 4) is 0 Å². The summed E-state index contributed by atoms with van der Waals surface area (Å²) in [5.74, 6) is 0.156. The fourth-order valence-corrected chi connectivity index (χ4v) is 2.42. The van der Waals surface area contributed by atoms with Crippen molar-refractivity contribution >= 4 is 11.6 Å². The van der Waals surface area contributed by atoms with E-state index in [9.17, 15) is 4.79 Å². The fraction of sp³-hybridized carbons (Fsp3) is 0.211. The molecule has 5 heteroatoms. The highest BCUT2D eigenvalue weighted by Gasteiger charge is 2.12. The predicted octanol–water partition coefficient (Wildman–Crippen LogP) is 3.70. The van der Waals surface area contributed by atoms with Crippen LogP contribution < -0.4 is 5.32 Å². The lowest BCUT2D eigenvalue weighted by Crippen LogP contribution is -2.12. The second-order valence-electron chi connectivity index (χ2n) is 6.02. The van der Waals surface area contributed by atoms with Crippen molar-refractivity contribution in [3.63, 3.8) is 0 Å². The molecule has 0 unspecified atom stereocenters. The van der Waals surface area contributed by atoms with Gasteiger partial charge in [0.1, 0.15) is 0 Å². The molecule has 2 aromatic carbocycles. The first-order chi connectivity index (χ1) is 11.6. The van der Waals surface area contributed by atoms with Gasteiger partial charge >= 0.3 is 0 Å². The molecule has 0 bridgehead atoms. The van der Waals surface area contributed by atoms with Crippen LogP contribution in [-0.4, -0.2) is 20.9 Å². The maximum absolute atomic E-state index is 12.3. The van der Waals surface area contributed by atoms with Crippen LogP contribution in [0.15, 0.2) is 60.8 Å². The van der Waals surface area contributed by atoms with Crippen LogP contribution in [0.4, 0.5) is 5.69 Å². The zero-order chi connectivity index (χ0) is 16.9. The number of aromatic nitrogens is 3. The van der Waals surface area contributed by atoms with E-state index in [1.54, 1.807) is 10.9 Å². The number of rotatable bonds is 5. The molecule has 1 amide bonds. The Labute approximate surface area is 141 Å². The van der Waals surface area contributed by atoms with E-state index in [4.69, 9.17) is 0 Å². The van der Waals surface area contributed by atoms with Gasteiger partial charge < -0.3 is 5.32 Å². The molecule has 1 heterocycles. The second-order valence-corrected chi connectivity index (χ2v) is 6.02. The highest BCUT2D eigenvalue weighted by molar-refractivity contribution is 6.02. The largest absolute Gasteiger partial charge is 0.321 e. The molecule has 0 aliphatic heterocycles. The molecule has 122 valence electrons. The van der Waals surface area contributed by atoms with Gasteiger partial charge in [0, 0.05) is 5.69 Å². The van der Waals surface area contributed by atoms with Crippen molar-refractivity contribution in [1.82, 2.24) is 15.0 Å². The van der Waals surface area contributed by atoms with E-state index < -0.39 is 0 Å². The molecule has 0 aliphatic rings. The Balaban J connectivity index is 1.69. The third kappa shape index (κ3) is 3.87. The van der Waals surface area contributed by atoms with E-state index >= 15 is 0 Å². The molecule has 3 rings (SSSR count). The Morgan fingerprint density at radius 1 is 1.12 bits per heavy atom. The molecule has 1 N–H and O–H groups in total. The normalized spacial score (nSPS) is 10.8. The minimum atomic E-state index is -0.254. The van der Waals surface area contributed by atoms with Crippen LogP contribution in [0.5, 0.6) is 0 Å². The van der Waals surface area contributed by atoms with E-state index in [1.807, 2.05) is 48.5 Å². The van der Waals surface area contributed by atoms with E-state index in [-0.39, 0.29) is 5.91 Å². The van der Waals surface area contributed by atoms with Crippen LogP contribution in [0.1, 0.15) is 41.4 Å². The van der Waals surface area contributed by atoms with Gasteiger partial charge in [-0.1, -0.05) is 61.5 Å². The molecule has 0 aliphatic carbocycles. The number of nitrogens with one attached hydrogen (secondary N) is 1. The third-order valence-corrected chi connectivity index (χ3v) is 3.77. The molecule has 5 nitrogen and oxygen atoms in total. The van der Waals surface area contributed by atoms with Gasteiger partial charge in [0.25, 0.3) is 5.91 Å². The van der Waals surface area contributed by atoms with Gasteiger partial charge in [0.15, 0.2) is 5.69 Å². The lowest BCUT2D eigenvalue weighted by Gasteiger charge is -2.08. The highest BCUT2D eigenvalue weighted by Crippen LogP contribution is 2.18. The maximum atomic E-state index is 12.3. The quantitative estimate of drug-likeness (QED) is 0.780. The lowest BCUT2D eigenvalue weighted by molar-refractivity contribution is 0.102. The van der Waals surface area contributed by atoms with Crippen LogP contribution in [0.2, 0.25) is 0 Å². The number of benzene rings is 2. The van der Waals surface area contributed by atoms with Gasteiger partial charge in [-0.2, -0.15) is 0 Å². The summed E-state index contributed by atoms with van der Waals surface area (Å²) in [6.45, 7) is 4.83. The Bertz CT molecular complexity index is 824. The number of hydrogen-bond donors (Lipinski definition) is 1. The number of nitrogens with zero attached hydrogens (tertiary/aromatic N) is 3. The third-order valence-electron chi connectivity index (χ3n) is 3.77. The molecule has 3 aromatic rings. The van der Waals surface area contributed by atoms with Crippen molar-refractivity contribution in [2.45, 2.75) is 26.3 Å². The van der Waals surface area contributed by atoms with Gasteiger partial charge in [0.05, 0.1) is 12.7 Å². The number of anilines is 1. The van der Waals surface area contributed by atoms with Crippen LogP contribution >= 0.6 is 0 Å². The molecular formula is C19H20N4O. The number of carbonyl (C=O) groups is 1.